The number of ether oxygens (including phenoxy) is 1. The third-order valence-electron chi connectivity index (χ3n) is 3.92. The molecule has 1 heterocycles. The van der Waals surface area contributed by atoms with Gasteiger partial charge in [-0.25, -0.2) is 9.97 Å². The van der Waals surface area contributed by atoms with Crippen molar-refractivity contribution in [1.29, 1.82) is 0 Å². The highest BCUT2D eigenvalue weighted by molar-refractivity contribution is 9.10. The quantitative estimate of drug-likeness (QED) is 0.626. The van der Waals surface area contributed by atoms with Crippen molar-refractivity contribution >= 4 is 21.7 Å². The summed E-state index contributed by atoms with van der Waals surface area (Å²) in [5.41, 5.74) is 3.06. The molecule has 0 aliphatic heterocycles. The first kappa shape index (κ1) is 17.4. The molecule has 2 aromatic carbocycles. The predicted molar refractivity (Wildman–Crippen MR) is 105 cm³/mol. The van der Waals surface area contributed by atoms with Crippen molar-refractivity contribution < 1.29 is 4.74 Å². The van der Waals surface area contributed by atoms with Gasteiger partial charge in [-0.3, -0.25) is 0 Å². The number of nitrogens with one attached hydrogen (secondary N) is 1. The number of aryl methyl sites for hydroxylation is 1. The number of rotatable bonds is 5. The molecule has 0 saturated heterocycles. The molecular formula is C20H20BrN3O. The SMILES string of the molecule is COc1cccc(-c2cc(NC(C)c3cccc(Br)c3)nc(C)n2)c1. The van der Waals surface area contributed by atoms with Crippen molar-refractivity contribution in [3.8, 4) is 17.0 Å². The molecule has 3 rings (SSSR count). The lowest BCUT2D eigenvalue weighted by atomic mass is 10.1. The molecule has 0 aliphatic carbocycles. The maximum absolute atomic E-state index is 5.31. The summed E-state index contributed by atoms with van der Waals surface area (Å²) < 4.78 is 6.37. The number of anilines is 1. The number of hydrogen-bond donors (Lipinski definition) is 1. The molecule has 3 aromatic rings. The number of nitrogens with zero attached hydrogens (tertiary/aromatic N) is 2. The fourth-order valence-corrected chi connectivity index (χ4v) is 3.07. The van der Waals surface area contributed by atoms with Crippen LogP contribution in [0.25, 0.3) is 11.3 Å². The van der Waals surface area contributed by atoms with Crippen LogP contribution < -0.4 is 10.1 Å². The largest absolute Gasteiger partial charge is 0.497 e. The highest BCUT2D eigenvalue weighted by atomic mass is 79.9. The van der Waals surface area contributed by atoms with E-state index in [-0.39, 0.29) is 6.04 Å². The van der Waals surface area contributed by atoms with Crippen LogP contribution in [0.3, 0.4) is 0 Å². The maximum Gasteiger partial charge on any atom is 0.130 e. The third kappa shape index (κ3) is 4.37. The van der Waals surface area contributed by atoms with Crippen LogP contribution in [0.1, 0.15) is 24.4 Å². The van der Waals surface area contributed by atoms with Gasteiger partial charge in [0.25, 0.3) is 0 Å². The van der Waals surface area contributed by atoms with E-state index in [2.05, 4.69) is 50.3 Å². The van der Waals surface area contributed by atoms with Crippen LogP contribution in [0.15, 0.2) is 59.1 Å². The summed E-state index contributed by atoms with van der Waals surface area (Å²) in [5.74, 6) is 2.34. The Morgan fingerprint density at radius 1 is 1.04 bits per heavy atom. The number of aromatic nitrogens is 2. The molecule has 0 aliphatic rings. The van der Waals surface area contributed by atoms with E-state index < -0.39 is 0 Å². The van der Waals surface area contributed by atoms with Gasteiger partial charge in [-0.2, -0.15) is 0 Å². The minimum absolute atomic E-state index is 0.130. The number of benzene rings is 2. The first-order chi connectivity index (χ1) is 12.0. The molecule has 1 atom stereocenters. The molecule has 5 heteroatoms. The molecule has 1 unspecified atom stereocenters. The maximum atomic E-state index is 5.31. The van der Waals surface area contributed by atoms with Crippen LogP contribution in [-0.2, 0) is 0 Å². The van der Waals surface area contributed by atoms with E-state index in [4.69, 9.17) is 4.74 Å². The van der Waals surface area contributed by atoms with E-state index in [9.17, 15) is 0 Å². The molecule has 25 heavy (non-hydrogen) atoms. The molecule has 4 nitrogen and oxygen atoms in total. The summed E-state index contributed by atoms with van der Waals surface area (Å²) >= 11 is 3.52. The fourth-order valence-electron chi connectivity index (χ4n) is 2.65. The Balaban J connectivity index is 1.88. The summed E-state index contributed by atoms with van der Waals surface area (Å²) in [4.78, 5) is 9.08. The van der Waals surface area contributed by atoms with Gasteiger partial charge in [-0.15, -0.1) is 0 Å². The van der Waals surface area contributed by atoms with Crippen LogP contribution in [-0.4, -0.2) is 17.1 Å². The van der Waals surface area contributed by atoms with Crippen LogP contribution in [0.4, 0.5) is 5.82 Å². The third-order valence-corrected chi connectivity index (χ3v) is 4.41. The van der Waals surface area contributed by atoms with E-state index >= 15 is 0 Å². The Hall–Kier alpha value is -2.40. The molecule has 0 fully saturated rings. The average molecular weight is 398 g/mol. The van der Waals surface area contributed by atoms with E-state index in [1.165, 1.54) is 5.56 Å². The predicted octanol–water partition coefficient (Wildman–Crippen LogP) is 5.40. The van der Waals surface area contributed by atoms with E-state index in [1.807, 2.05) is 49.4 Å². The van der Waals surface area contributed by atoms with E-state index in [0.717, 1.165) is 33.1 Å². The summed E-state index contributed by atoms with van der Waals surface area (Å²) in [7, 11) is 1.66. The van der Waals surface area contributed by atoms with Crippen molar-refractivity contribution in [2.45, 2.75) is 19.9 Å². The Kier molecular flexibility index (Phi) is 5.34. The Morgan fingerprint density at radius 2 is 1.84 bits per heavy atom. The smallest absolute Gasteiger partial charge is 0.130 e. The van der Waals surface area contributed by atoms with Gasteiger partial charge in [-0.1, -0.05) is 40.2 Å². The van der Waals surface area contributed by atoms with Gasteiger partial charge in [0.2, 0.25) is 0 Å². The molecule has 0 amide bonds. The molecular weight excluding hydrogens is 378 g/mol. The Bertz CT molecular complexity index is 882. The summed E-state index contributed by atoms with van der Waals surface area (Å²) in [6, 6.07) is 18.2. The monoisotopic (exact) mass is 397 g/mol. The zero-order valence-corrected chi connectivity index (χ0v) is 16.0. The van der Waals surface area contributed by atoms with E-state index in [0.29, 0.717) is 0 Å². The first-order valence-electron chi connectivity index (χ1n) is 8.07. The second-order valence-corrected chi connectivity index (χ2v) is 6.75. The highest BCUT2D eigenvalue weighted by Gasteiger charge is 2.10. The highest BCUT2D eigenvalue weighted by Crippen LogP contribution is 2.26. The van der Waals surface area contributed by atoms with Gasteiger partial charge in [0, 0.05) is 22.1 Å². The van der Waals surface area contributed by atoms with Crippen molar-refractivity contribution in [2.24, 2.45) is 0 Å². The van der Waals surface area contributed by atoms with Crippen molar-refractivity contribution in [3.05, 3.63) is 70.5 Å². The van der Waals surface area contributed by atoms with Crippen LogP contribution in [0.5, 0.6) is 5.75 Å². The van der Waals surface area contributed by atoms with Crippen LogP contribution >= 0.6 is 15.9 Å². The molecule has 128 valence electrons. The number of methoxy groups -OCH3 is 1. The summed E-state index contributed by atoms with van der Waals surface area (Å²) in [5, 5.41) is 3.46. The molecule has 0 bridgehead atoms. The lowest BCUT2D eigenvalue weighted by Gasteiger charge is -2.16. The van der Waals surface area contributed by atoms with Crippen LogP contribution in [0, 0.1) is 6.92 Å². The van der Waals surface area contributed by atoms with Gasteiger partial charge >= 0.3 is 0 Å². The fraction of sp³-hybridized carbons (Fsp3) is 0.200. The van der Waals surface area contributed by atoms with Crippen LogP contribution in [0.2, 0.25) is 0 Å². The normalized spacial score (nSPS) is 11.8. The van der Waals surface area contributed by atoms with Gasteiger partial charge in [-0.05, 0) is 43.7 Å². The molecule has 0 radical (unpaired) electrons. The van der Waals surface area contributed by atoms with Gasteiger partial charge < -0.3 is 10.1 Å². The topological polar surface area (TPSA) is 47.0 Å². The van der Waals surface area contributed by atoms with Crippen molar-refractivity contribution in [3.63, 3.8) is 0 Å². The van der Waals surface area contributed by atoms with E-state index in [1.54, 1.807) is 7.11 Å². The molecule has 0 saturated carbocycles. The van der Waals surface area contributed by atoms with Gasteiger partial charge in [0.15, 0.2) is 0 Å². The standard InChI is InChI=1S/C20H20BrN3O/c1-13(15-6-4-8-17(21)10-15)22-20-12-19(23-14(2)24-20)16-7-5-9-18(11-16)25-3/h4-13H,1-3H3,(H,22,23,24). The lowest BCUT2D eigenvalue weighted by Crippen LogP contribution is -2.09. The number of hydrogen-bond acceptors (Lipinski definition) is 4. The molecule has 0 spiro atoms. The zero-order valence-electron chi connectivity index (χ0n) is 14.5. The number of halogens is 1. The van der Waals surface area contributed by atoms with Gasteiger partial charge in [0.1, 0.15) is 17.4 Å². The average Bonchev–Trinajstić information content (AvgIpc) is 2.61. The Labute approximate surface area is 156 Å². The van der Waals surface area contributed by atoms with Crippen molar-refractivity contribution in [1.82, 2.24) is 9.97 Å². The molecule has 1 N–H and O–H groups in total. The lowest BCUT2D eigenvalue weighted by molar-refractivity contribution is 0.415. The summed E-state index contributed by atoms with van der Waals surface area (Å²) in [6.45, 7) is 4.02. The Morgan fingerprint density at radius 3 is 2.60 bits per heavy atom. The summed E-state index contributed by atoms with van der Waals surface area (Å²) in [6.07, 6.45) is 0. The minimum Gasteiger partial charge on any atom is -0.497 e. The first-order valence-corrected chi connectivity index (χ1v) is 8.86. The van der Waals surface area contributed by atoms with Gasteiger partial charge in [0.05, 0.1) is 12.8 Å². The molecule has 1 aromatic heterocycles. The van der Waals surface area contributed by atoms with Crippen molar-refractivity contribution in [2.75, 3.05) is 12.4 Å². The zero-order chi connectivity index (χ0) is 17.8. The second-order valence-electron chi connectivity index (χ2n) is 5.84. The second kappa shape index (κ2) is 7.66. The minimum atomic E-state index is 0.130.